The number of rotatable bonds is 4. The second-order valence-corrected chi connectivity index (χ2v) is 7.33. The van der Waals surface area contributed by atoms with Gasteiger partial charge >= 0.3 is 6.18 Å². The minimum atomic E-state index is -4.72. The van der Waals surface area contributed by atoms with Gasteiger partial charge in [-0.1, -0.05) is 0 Å². The van der Waals surface area contributed by atoms with Crippen molar-refractivity contribution in [1.29, 1.82) is 0 Å². The number of pyridine rings is 2. The van der Waals surface area contributed by atoms with Crippen LogP contribution in [0.5, 0.6) is 0 Å². The molecule has 0 aliphatic carbocycles. The van der Waals surface area contributed by atoms with Crippen LogP contribution in [0.25, 0.3) is 4.85 Å². The third kappa shape index (κ3) is 4.63. The van der Waals surface area contributed by atoms with Crippen LogP contribution in [0.2, 0.25) is 0 Å². The lowest BCUT2D eigenvalue weighted by Gasteiger charge is -2.35. The Labute approximate surface area is 174 Å². The van der Waals surface area contributed by atoms with Gasteiger partial charge in [-0.15, -0.1) is 0 Å². The van der Waals surface area contributed by atoms with Crippen molar-refractivity contribution in [3.63, 3.8) is 0 Å². The molecule has 2 N–H and O–H groups in total. The molecule has 0 saturated heterocycles. The van der Waals surface area contributed by atoms with Gasteiger partial charge < -0.3 is 10.5 Å². The van der Waals surface area contributed by atoms with Crippen molar-refractivity contribution in [2.24, 2.45) is 10.7 Å². The summed E-state index contributed by atoms with van der Waals surface area (Å²) in [5.74, 6) is -1.43. The zero-order valence-electron chi connectivity index (χ0n) is 16.5. The Bertz CT molecular complexity index is 1110. The molecule has 0 spiro atoms. The van der Waals surface area contributed by atoms with E-state index in [0.717, 1.165) is 6.20 Å². The van der Waals surface area contributed by atoms with E-state index in [-0.39, 0.29) is 28.9 Å². The molecule has 11 heteroatoms. The van der Waals surface area contributed by atoms with E-state index in [2.05, 4.69) is 24.5 Å². The molecule has 1 aliphatic rings. The molecule has 0 fully saturated rings. The predicted molar refractivity (Wildman–Crippen MR) is 102 cm³/mol. The number of aryl methyl sites for hydroxylation is 1. The molecule has 3 rings (SSSR count). The number of aromatic nitrogens is 2. The summed E-state index contributed by atoms with van der Waals surface area (Å²) >= 11 is 0. The third-order valence-corrected chi connectivity index (χ3v) is 4.87. The maximum Gasteiger partial charge on any atom is 0.425 e. The number of hydrogen-bond acceptors (Lipinski definition) is 6. The largest absolute Gasteiger partial charge is 0.452 e. The number of hydrogen-bond donors (Lipinski definition) is 1. The Morgan fingerprint density at radius 1 is 1.35 bits per heavy atom. The summed E-state index contributed by atoms with van der Waals surface area (Å²) in [5, 5.41) is 0. The highest BCUT2D eigenvalue weighted by atomic mass is 19.4. The van der Waals surface area contributed by atoms with Crippen LogP contribution in [0.3, 0.4) is 0 Å². The smallest absolute Gasteiger partial charge is 0.425 e. The van der Waals surface area contributed by atoms with Crippen LogP contribution in [-0.2, 0) is 16.7 Å². The Morgan fingerprint density at radius 2 is 2.06 bits per heavy atom. The maximum absolute atomic E-state index is 14.5. The summed E-state index contributed by atoms with van der Waals surface area (Å²) in [6, 6.07) is 2.05. The highest BCUT2D eigenvalue weighted by Gasteiger charge is 2.50. The lowest BCUT2D eigenvalue weighted by molar-refractivity contribution is -0.208. The highest BCUT2D eigenvalue weighted by Crippen LogP contribution is 2.40. The van der Waals surface area contributed by atoms with Gasteiger partial charge in [0.05, 0.1) is 12.1 Å². The van der Waals surface area contributed by atoms with Crippen molar-refractivity contribution in [1.82, 2.24) is 9.97 Å². The topological polar surface area (TPSA) is 94.8 Å². The van der Waals surface area contributed by atoms with Crippen LogP contribution in [0.1, 0.15) is 40.5 Å². The molecule has 3 heterocycles. The summed E-state index contributed by atoms with van der Waals surface area (Å²) in [5.41, 5.74) is 4.68. The summed E-state index contributed by atoms with van der Waals surface area (Å²) in [7, 11) is 0. The first-order chi connectivity index (χ1) is 14.4. The fourth-order valence-electron chi connectivity index (χ4n) is 3.36. The normalized spacial score (nSPS) is 21.1. The minimum Gasteiger partial charge on any atom is -0.452 e. The van der Waals surface area contributed by atoms with E-state index in [1.807, 2.05) is 0 Å². The number of ether oxygens (including phenoxy) is 1. The van der Waals surface area contributed by atoms with Crippen LogP contribution in [-0.4, -0.2) is 34.1 Å². The molecule has 0 unspecified atom stereocenters. The zero-order chi connectivity index (χ0) is 23.0. The summed E-state index contributed by atoms with van der Waals surface area (Å²) in [6.45, 7) is 9.90. The molecule has 162 valence electrons. The summed E-state index contributed by atoms with van der Waals surface area (Å²) in [6.07, 6.45) is -5.52. The number of nitrogens with zero attached hydrogens (tertiary/aromatic N) is 4. The Balaban J connectivity index is 1.93. The molecule has 0 amide bonds. The van der Waals surface area contributed by atoms with Crippen molar-refractivity contribution < 1.29 is 27.1 Å². The van der Waals surface area contributed by atoms with E-state index in [1.54, 1.807) is 6.92 Å². The Kier molecular flexibility index (Phi) is 5.67. The van der Waals surface area contributed by atoms with Gasteiger partial charge in [0.2, 0.25) is 11.6 Å². The van der Waals surface area contributed by atoms with E-state index in [0.29, 0.717) is 5.56 Å². The standard InChI is InChI=1S/C20H17F4N5O2/c1-10-4-12(26-3)9-27-16(10)14(30)6-11-5-13(17(21)28-8-11)19(2)7-15(20(22,23)24)31-18(25)29-19/h4-5,8-9,15H,6-7H2,1-2H3,(H2,25,29)/t15-,19-/m0/s1. The number of halogens is 4. The number of aliphatic imine (C=N–C) groups is 1. The van der Waals surface area contributed by atoms with Gasteiger partial charge in [0.25, 0.3) is 6.02 Å². The first kappa shape index (κ1) is 22.1. The Hall–Kier alpha value is -3.55. The van der Waals surface area contributed by atoms with Crippen molar-refractivity contribution in [2.75, 3.05) is 0 Å². The lowest BCUT2D eigenvalue weighted by atomic mass is 9.85. The van der Waals surface area contributed by atoms with Gasteiger partial charge in [0.15, 0.2) is 11.9 Å². The maximum atomic E-state index is 14.5. The van der Waals surface area contributed by atoms with Gasteiger partial charge in [0, 0.05) is 30.8 Å². The van der Waals surface area contributed by atoms with E-state index < -0.39 is 42.0 Å². The molecule has 2 aromatic heterocycles. The molecule has 2 aromatic rings. The van der Waals surface area contributed by atoms with Gasteiger partial charge in [-0.05, 0) is 37.1 Å². The minimum absolute atomic E-state index is 0.134. The van der Waals surface area contributed by atoms with Crippen LogP contribution < -0.4 is 5.73 Å². The first-order valence-electron chi connectivity index (χ1n) is 9.04. The average Bonchev–Trinajstić information content (AvgIpc) is 2.67. The number of nitrogens with two attached hydrogens (primary N) is 1. The van der Waals surface area contributed by atoms with Crippen LogP contribution in [0.15, 0.2) is 29.5 Å². The number of carbonyl (C=O) groups is 1. The lowest BCUT2D eigenvalue weighted by Crippen LogP contribution is -2.46. The molecule has 0 radical (unpaired) electrons. The van der Waals surface area contributed by atoms with E-state index >= 15 is 0 Å². The second-order valence-electron chi connectivity index (χ2n) is 7.33. The quantitative estimate of drug-likeness (QED) is 0.341. The molecule has 7 nitrogen and oxygen atoms in total. The molecular weight excluding hydrogens is 418 g/mol. The fourth-order valence-corrected chi connectivity index (χ4v) is 3.36. The van der Waals surface area contributed by atoms with E-state index in [1.165, 1.54) is 25.3 Å². The number of Topliss-reactive ketones (excluding diaryl/α,β-unsaturated/α-hetero) is 1. The molecule has 31 heavy (non-hydrogen) atoms. The predicted octanol–water partition coefficient (Wildman–Crippen LogP) is 3.78. The molecule has 2 atom stereocenters. The van der Waals surface area contributed by atoms with Crippen molar-refractivity contribution >= 4 is 17.5 Å². The monoisotopic (exact) mass is 435 g/mol. The van der Waals surface area contributed by atoms with E-state index in [4.69, 9.17) is 12.3 Å². The first-order valence-corrected chi connectivity index (χ1v) is 9.04. The molecule has 1 aliphatic heterocycles. The van der Waals surface area contributed by atoms with Gasteiger partial charge in [-0.25, -0.2) is 14.8 Å². The molecule has 0 aromatic carbocycles. The number of amidine groups is 1. The molecule has 0 saturated carbocycles. The van der Waals surface area contributed by atoms with Crippen molar-refractivity contribution in [2.45, 2.75) is 44.5 Å². The van der Waals surface area contributed by atoms with Gasteiger partial charge in [-0.3, -0.25) is 9.78 Å². The van der Waals surface area contributed by atoms with Gasteiger partial charge in [0.1, 0.15) is 5.69 Å². The highest BCUT2D eigenvalue weighted by molar-refractivity contribution is 5.97. The summed E-state index contributed by atoms with van der Waals surface area (Å²) in [4.78, 5) is 27.4. The second kappa shape index (κ2) is 7.94. The number of ketones is 1. The summed E-state index contributed by atoms with van der Waals surface area (Å²) < 4.78 is 58.6. The zero-order valence-corrected chi connectivity index (χ0v) is 16.5. The van der Waals surface area contributed by atoms with Crippen molar-refractivity contribution in [3.8, 4) is 0 Å². The number of carbonyl (C=O) groups excluding carboxylic acids is 1. The van der Waals surface area contributed by atoms with Crippen LogP contribution in [0.4, 0.5) is 23.2 Å². The van der Waals surface area contributed by atoms with Crippen LogP contribution in [0, 0.1) is 19.4 Å². The average molecular weight is 435 g/mol. The third-order valence-electron chi connectivity index (χ3n) is 4.87. The van der Waals surface area contributed by atoms with Crippen molar-refractivity contribution in [3.05, 3.63) is 64.3 Å². The molecule has 0 bridgehead atoms. The Morgan fingerprint density at radius 3 is 2.68 bits per heavy atom. The fraction of sp³-hybridized carbons (Fsp3) is 0.350. The SMILES string of the molecule is [C-]#[N+]c1cnc(C(=O)Cc2cnc(F)c([C@]3(C)C[C@@H](C(F)(F)F)OC(N)=N3)c2)c(C)c1. The number of alkyl halides is 3. The van der Waals surface area contributed by atoms with Gasteiger partial charge in [-0.2, -0.15) is 17.6 Å². The van der Waals surface area contributed by atoms with Crippen LogP contribution >= 0.6 is 0 Å². The molecular formula is C20H17F4N5O2. The van der Waals surface area contributed by atoms with E-state index in [9.17, 15) is 22.4 Å².